The molecule has 5 heteroatoms. The standard InChI is InChI=1S/C15H17ClN2O2/c1-10-14(19)13(9-18(10)2)15(20)17-8-7-11-3-5-12(16)6-4-11/h3-6,19H,1,7-9H2,2H3,(H,17,20). The first-order valence-corrected chi connectivity index (χ1v) is 6.72. The van der Waals surface area contributed by atoms with Gasteiger partial charge in [-0.05, 0) is 24.1 Å². The highest BCUT2D eigenvalue weighted by Crippen LogP contribution is 2.22. The Hall–Kier alpha value is -1.94. The molecule has 20 heavy (non-hydrogen) atoms. The molecule has 2 N–H and O–H groups in total. The summed E-state index contributed by atoms with van der Waals surface area (Å²) in [5.74, 6) is -0.265. The molecule has 4 nitrogen and oxygen atoms in total. The van der Waals surface area contributed by atoms with Gasteiger partial charge < -0.3 is 15.3 Å². The predicted molar refractivity (Wildman–Crippen MR) is 79.6 cm³/mol. The summed E-state index contributed by atoms with van der Waals surface area (Å²) >= 11 is 5.81. The maximum absolute atomic E-state index is 12.0. The van der Waals surface area contributed by atoms with Crippen LogP contribution in [0.25, 0.3) is 0 Å². The number of carbonyl (C=O) groups excluding carboxylic acids is 1. The van der Waals surface area contributed by atoms with Crippen molar-refractivity contribution in [2.45, 2.75) is 6.42 Å². The zero-order chi connectivity index (χ0) is 14.7. The maximum Gasteiger partial charge on any atom is 0.252 e. The number of nitrogens with zero attached hydrogens (tertiary/aromatic N) is 1. The minimum absolute atomic E-state index is 0.0171. The highest BCUT2D eigenvalue weighted by molar-refractivity contribution is 6.30. The van der Waals surface area contributed by atoms with Crippen LogP contribution in [0.4, 0.5) is 0 Å². The molecule has 0 bridgehead atoms. The molecule has 0 atom stereocenters. The van der Waals surface area contributed by atoms with Crippen LogP contribution in [-0.2, 0) is 11.2 Å². The van der Waals surface area contributed by atoms with Gasteiger partial charge in [-0.2, -0.15) is 0 Å². The lowest BCUT2D eigenvalue weighted by molar-refractivity contribution is -0.117. The lowest BCUT2D eigenvalue weighted by Gasteiger charge is -2.11. The first kappa shape index (κ1) is 14.5. The molecule has 1 aliphatic heterocycles. The third-order valence-electron chi connectivity index (χ3n) is 3.30. The van der Waals surface area contributed by atoms with Gasteiger partial charge in [0.2, 0.25) is 0 Å². The molecule has 0 fully saturated rings. The first-order chi connectivity index (χ1) is 9.49. The fourth-order valence-corrected chi connectivity index (χ4v) is 2.15. The normalized spacial score (nSPS) is 14.9. The summed E-state index contributed by atoms with van der Waals surface area (Å²) in [5.41, 5.74) is 1.95. The van der Waals surface area contributed by atoms with Crippen LogP contribution in [0, 0.1) is 0 Å². The van der Waals surface area contributed by atoms with Crippen molar-refractivity contribution in [2.24, 2.45) is 0 Å². The van der Waals surface area contributed by atoms with Crippen molar-refractivity contribution in [3.05, 3.63) is 58.5 Å². The minimum atomic E-state index is -0.248. The molecule has 1 heterocycles. The van der Waals surface area contributed by atoms with E-state index >= 15 is 0 Å². The highest BCUT2D eigenvalue weighted by atomic mass is 35.5. The molecule has 0 spiro atoms. The quantitative estimate of drug-likeness (QED) is 0.895. The fraction of sp³-hybridized carbons (Fsp3) is 0.267. The van der Waals surface area contributed by atoms with Crippen molar-refractivity contribution in [3.63, 3.8) is 0 Å². The second-order valence-electron chi connectivity index (χ2n) is 4.76. The molecule has 2 rings (SSSR count). The third-order valence-corrected chi connectivity index (χ3v) is 3.55. The number of benzene rings is 1. The Morgan fingerprint density at radius 2 is 2.10 bits per heavy atom. The van der Waals surface area contributed by atoms with Crippen LogP contribution < -0.4 is 5.32 Å². The number of rotatable bonds is 4. The van der Waals surface area contributed by atoms with Gasteiger partial charge in [-0.25, -0.2) is 0 Å². The number of aliphatic hydroxyl groups excluding tert-OH is 1. The Morgan fingerprint density at radius 1 is 1.45 bits per heavy atom. The lowest BCUT2D eigenvalue weighted by Crippen LogP contribution is -2.29. The summed E-state index contributed by atoms with van der Waals surface area (Å²) in [4.78, 5) is 13.7. The van der Waals surface area contributed by atoms with Crippen molar-refractivity contribution in [3.8, 4) is 0 Å². The van der Waals surface area contributed by atoms with Crippen LogP contribution in [-0.4, -0.2) is 36.1 Å². The average Bonchev–Trinajstić information content (AvgIpc) is 2.69. The highest BCUT2D eigenvalue weighted by Gasteiger charge is 2.26. The van der Waals surface area contributed by atoms with Gasteiger partial charge in [0.15, 0.2) is 0 Å². The molecule has 0 aliphatic carbocycles. The van der Waals surface area contributed by atoms with E-state index in [1.54, 1.807) is 11.9 Å². The molecule has 1 aliphatic rings. The van der Waals surface area contributed by atoms with E-state index < -0.39 is 0 Å². The largest absolute Gasteiger partial charge is 0.505 e. The fourth-order valence-electron chi connectivity index (χ4n) is 2.02. The van der Waals surface area contributed by atoms with E-state index in [0.29, 0.717) is 35.8 Å². The van der Waals surface area contributed by atoms with Gasteiger partial charge in [-0.15, -0.1) is 0 Å². The van der Waals surface area contributed by atoms with Crippen LogP contribution in [0.5, 0.6) is 0 Å². The Balaban J connectivity index is 1.87. The van der Waals surface area contributed by atoms with Crippen molar-refractivity contribution < 1.29 is 9.90 Å². The average molecular weight is 293 g/mol. The van der Waals surface area contributed by atoms with Crippen LogP contribution in [0.1, 0.15) is 5.56 Å². The van der Waals surface area contributed by atoms with E-state index in [1.165, 1.54) is 0 Å². The molecule has 0 saturated carbocycles. The van der Waals surface area contributed by atoms with Gasteiger partial charge in [0.1, 0.15) is 5.76 Å². The van der Waals surface area contributed by atoms with Crippen molar-refractivity contribution in [2.75, 3.05) is 20.1 Å². The Kier molecular flexibility index (Phi) is 4.35. The van der Waals surface area contributed by atoms with E-state index in [2.05, 4.69) is 11.9 Å². The molecule has 0 radical (unpaired) electrons. The number of halogens is 1. The van der Waals surface area contributed by atoms with Gasteiger partial charge in [0.25, 0.3) is 5.91 Å². The summed E-state index contributed by atoms with van der Waals surface area (Å²) in [6.45, 7) is 4.60. The van der Waals surface area contributed by atoms with E-state index in [9.17, 15) is 9.90 Å². The number of amides is 1. The molecule has 1 aromatic carbocycles. The molecule has 106 valence electrons. The third kappa shape index (κ3) is 3.14. The van der Waals surface area contributed by atoms with E-state index in [-0.39, 0.29) is 11.7 Å². The monoisotopic (exact) mass is 292 g/mol. The molecule has 0 unspecified atom stereocenters. The summed E-state index contributed by atoms with van der Waals surface area (Å²) in [5, 5.41) is 13.3. The molecule has 1 amide bonds. The summed E-state index contributed by atoms with van der Waals surface area (Å²) in [6, 6.07) is 7.50. The van der Waals surface area contributed by atoms with Gasteiger partial charge in [-0.3, -0.25) is 4.79 Å². The number of nitrogens with one attached hydrogen (secondary N) is 1. The van der Waals surface area contributed by atoms with Crippen LogP contribution in [0.3, 0.4) is 0 Å². The van der Waals surface area contributed by atoms with E-state index in [1.807, 2.05) is 24.3 Å². The molecule has 1 aromatic rings. The van der Waals surface area contributed by atoms with Crippen molar-refractivity contribution in [1.29, 1.82) is 0 Å². The smallest absolute Gasteiger partial charge is 0.252 e. The van der Waals surface area contributed by atoms with Gasteiger partial charge in [-0.1, -0.05) is 30.3 Å². The van der Waals surface area contributed by atoms with E-state index in [4.69, 9.17) is 11.6 Å². The molecule has 0 aromatic heterocycles. The zero-order valence-electron chi connectivity index (χ0n) is 11.3. The molecular formula is C15H17ClN2O2. The topological polar surface area (TPSA) is 52.6 Å². The van der Waals surface area contributed by atoms with Crippen LogP contribution >= 0.6 is 11.6 Å². The van der Waals surface area contributed by atoms with E-state index in [0.717, 1.165) is 5.56 Å². The van der Waals surface area contributed by atoms with Crippen LogP contribution in [0.15, 0.2) is 47.9 Å². The number of aliphatic hydroxyl groups is 1. The second-order valence-corrected chi connectivity index (χ2v) is 5.20. The molecule has 0 saturated heterocycles. The second kappa shape index (κ2) is 6.01. The summed E-state index contributed by atoms with van der Waals surface area (Å²) in [7, 11) is 1.78. The number of carbonyl (C=O) groups is 1. The Bertz CT molecular complexity index is 564. The number of likely N-dealkylation sites (N-methyl/N-ethyl adjacent to an activating group) is 1. The van der Waals surface area contributed by atoms with Crippen molar-refractivity contribution in [1.82, 2.24) is 10.2 Å². The first-order valence-electron chi connectivity index (χ1n) is 6.34. The maximum atomic E-state index is 12.0. The SMILES string of the molecule is C=C1C(O)=C(C(=O)NCCc2ccc(Cl)cc2)CN1C. The van der Waals surface area contributed by atoms with Crippen LogP contribution in [0.2, 0.25) is 5.02 Å². The summed E-state index contributed by atoms with van der Waals surface area (Å²) in [6.07, 6.45) is 0.716. The van der Waals surface area contributed by atoms with Crippen molar-refractivity contribution >= 4 is 17.5 Å². The Labute approximate surface area is 123 Å². The van der Waals surface area contributed by atoms with Gasteiger partial charge >= 0.3 is 0 Å². The van der Waals surface area contributed by atoms with Gasteiger partial charge in [0, 0.05) is 18.6 Å². The predicted octanol–water partition coefficient (Wildman–Crippen LogP) is 2.27. The summed E-state index contributed by atoms with van der Waals surface area (Å²) < 4.78 is 0. The Morgan fingerprint density at radius 3 is 2.65 bits per heavy atom. The van der Waals surface area contributed by atoms with Gasteiger partial charge in [0.05, 0.1) is 17.8 Å². The zero-order valence-corrected chi connectivity index (χ0v) is 12.1. The molecular weight excluding hydrogens is 276 g/mol. The number of hydrogen-bond acceptors (Lipinski definition) is 3. The number of hydrogen-bond donors (Lipinski definition) is 2. The lowest BCUT2D eigenvalue weighted by atomic mass is 10.1. The minimum Gasteiger partial charge on any atom is -0.505 e.